The van der Waals surface area contributed by atoms with Gasteiger partial charge in [-0.3, -0.25) is 0 Å². The Bertz CT molecular complexity index is 1910. The van der Waals surface area contributed by atoms with Crippen molar-refractivity contribution in [2.45, 2.75) is 33.3 Å². The maximum absolute atomic E-state index is 13.5. The van der Waals surface area contributed by atoms with Gasteiger partial charge in [0.1, 0.15) is 30.3 Å². The number of hydrogen-bond acceptors (Lipinski definition) is 9. The fourth-order valence-electron chi connectivity index (χ4n) is 4.40. The van der Waals surface area contributed by atoms with Crippen LogP contribution in [0.3, 0.4) is 0 Å². The van der Waals surface area contributed by atoms with Crippen molar-refractivity contribution in [2.24, 2.45) is 5.92 Å². The third-order valence-corrected chi connectivity index (χ3v) is 8.96. The molecule has 2 heterocycles. The highest BCUT2D eigenvalue weighted by atomic mass is 35.5. The summed E-state index contributed by atoms with van der Waals surface area (Å²) in [6.07, 6.45) is 2.97. The number of halogens is 2. The molecule has 0 aliphatic rings. The number of aromatic nitrogens is 3. The van der Waals surface area contributed by atoms with Gasteiger partial charge in [0.25, 0.3) is 0 Å². The zero-order chi connectivity index (χ0) is 31.1. The largest absolute Gasteiger partial charge is 0.487 e. The Hall–Kier alpha value is -3.90. The van der Waals surface area contributed by atoms with E-state index < -0.39 is 10.3 Å². The number of rotatable bonds is 13. The summed E-state index contributed by atoms with van der Waals surface area (Å²) in [6.45, 7) is 4.44. The van der Waals surface area contributed by atoms with Gasteiger partial charge in [0.2, 0.25) is 10.3 Å². The summed E-state index contributed by atoms with van der Waals surface area (Å²) in [5.74, 6) is 0.711. The Balaban J connectivity index is 1.23. The van der Waals surface area contributed by atoms with Crippen molar-refractivity contribution in [1.82, 2.24) is 15.0 Å². The monoisotopic (exact) mass is 652 g/mol. The van der Waals surface area contributed by atoms with Gasteiger partial charge in [-0.25, -0.2) is 19.3 Å². The summed E-state index contributed by atoms with van der Waals surface area (Å²) in [5.41, 5.74) is 3.98. The van der Waals surface area contributed by atoms with E-state index in [1.54, 1.807) is 35.6 Å². The van der Waals surface area contributed by atoms with E-state index >= 15 is 0 Å². The highest BCUT2D eigenvalue weighted by molar-refractivity contribution is 7.73. The van der Waals surface area contributed by atoms with Gasteiger partial charge in [0.15, 0.2) is 0 Å². The van der Waals surface area contributed by atoms with E-state index in [1.165, 1.54) is 18.5 Å². The number of anilines is 2. The van der Waals surface area contributed by atoms with E-state index in [9.17, 15) is 12.8 Å². The summed E-state index contributed by atoms with van der Waals surface area (Å²) in [7, 11) is -2.23. The summed E-state index contributed by atoms with van der Waals surface area (Å²) in [5, 5.41) is 7.55. The fraction of sp³-hybridized carbons (Fsp3) is 0.250. The number of ether oxygens (including phenoxy) is 2. The van der Waals surface area contributed by atoms with Crippen LogP contribution >= 0.6 is 22.9 Å². The van der Waals surface area contributed by atoms with Crippen molar-refractivity contribution in [1.29, 1.82) is 0 Å². The van der Waals surface area contributed by atoms with Gasteiger partial charge in [-0.05, 0) is 60.4 Å². The van der Waals surface area contributed by atoms with E-state index in [0.29, 0.717) is 33.6 Å². The minimum Gasteiger partial charge on any atom is -0.487 e. The summed E-state index contributed by atoms with van der Waals surface area (Å²) in [4.78, 5) is 14.1. The first-order valence-corrected chi connectivity index (χ1v) is 16.3. The second kappa shape index (κ2) is 14.7. The molecule has 2 aromatic heterocycles. The predicted octanol–water partition coefficient (Wildman–Crippen LogP) is 7.53. The molecular weight excluding hydrogens is 623 g/mol. The smallest absolute Gasteiger partial charge is 0.215 e. The molecule has 0 aliphatic carbocycles. The molecule has 228 valence electrons. The topological polar surface area (TPSA) is 103 Å². The molecule has 0 atom stereocenters. The first-order chi connectivity index (χ1) is 21.3. The Kier molecular flexibility index (Phi) is 10.5. The number of thiazole rings is 1. The van der Waals surface area contributed by atoms with Crippen LogP contribution < -0.4 is 10.1 Å². The minimum atomic E-state index is -2.23. The standard InChI is InChI=1S/C32H30ClFN4O4S2/c1-20(2)30(44(39)40)17-41-12-4-7-31-38-28(18-43-31)22-8-10-27-25(14-22)32(36-19-35-27)37-24-9-11-29(26(33)15-24)42-16-21-5-3-6-23(34)13-21/h3,5-6,8-11,13-15,18-20H,4,7,12,16-17H2,1-2H3,(H,35,36,37). The third-order valence-electron chi connectivity index (χ3n) is 6.74. The van der Waals surface area contributed by atoms with Crippen LogP contribution in [0, 0.1) is 11.7 Å². The lowest BCUT2D eigenvalue weighted by Crippen LogP contribution is -2.17. The van der Waals surface area contributed by atoms with Crippen LogP contribution in [0.4, 0.5) is 15.9 Å². The molecule has 5 aromatic rings. The van der Waals surface area contributed by atoms with Crippen LogP contribution in [0.25, 0.3) is 22.2 Å². The number of aryl methyl sites for hydroxylation is 1. The van der Waals surface area contributed by atoms with E-state index in [0.717, 1.165) is 45.7 Å². The summed E-state index contributed by atoms with van der Waals surface area (Å²) >= 11 is 8.07. The third kappa shape index (κ3) is 8.17. The van der Waals surface area contributed by atoms with Crippen LogP contribution in [-0.2, 0) is 28.1 Å². The Labute approximate surface area is 265 Å². The van der Waals surface area contributed by atoms with E-state index in [1.807, 2.05) is 43.5 Å². The van der Waals surface area contributed by atoms with Crippen LogP contribution in [-0.4, -0.2) is 41.4 Å². The fourth-order valence-corrected chi connectivity index (χ4v) is 6.05. The number of benzene rings is 3. The minimum absolute atomic E-state index is 0.0739. The van der Waals surface area contributed by atoms with Crippen molar-refractivity contribution in [3.8, 4) is 17.0 Å². The molecule has 1 N–H and O–H groups in total. The van der Waals surface area contributed by atoms with Crippen molar-refractivity contribution in [3.05, 3.63) is 93.8 Å². The average Bonchev–Trinajstić information content (AvgIpc) is 3.47. The Morgan fingerprint density at radius 2 is 1.95 bits per heavy atom. The van der Waals surface area contributed by atoms with Gasteiger partial charge in [-0.2, -0.15) is 8.42 Å². The zero-order valence-corrected chi connectivity index (χ0v) is 26.5. The molecule has 5 rings (SSSR count). The number of nitrogens with zero attached hydrogens (tertiary/aromatic N) is 3. The molecule has 0 amide bonds. The Morgan fingerprint density at radius 1 is 1.09 bits per heavy atom. The number of hydrogen-bond donors (Lipinski definition) is 1. The van der Waals surface area contributed by atoms with Gasteiger partial charge < -0.3 is 14.8 Å². The molecule has 0 unspecified atom stereocenters. The molecule has 0 aliphatic heterocycles. The van der Waals surface area contributed by atoms with Crippen LogP contribution in [0.1, 0.15) is 30.8 Å². The van der Waals surface area contributed by atoms with Crippen LogP contribution in [0.2, 0.25) is 5.02 Å². The van der Waals surface area contributed by atoms with Gasteiger partial charge in [0.05, 0.1) is 32.7 Å². The summed E-state index contributed by atoms with van der Waals surface area (Å²) < 4.78 is 47.5. The maximum Gasteiger partial charge on any atom is 0.215 e. The van der Waals surface area contributed by atoms with Crippen molar-refractivity contribution >= 4 is 60.5 Å². The lowest BCUT2D eigenvalue weighted by Gasteiger charge is -2.12. The molecule has 8 nitrogen and oxygen atoms in total. The van der Waals surface area contributed by atoms with Crippen LogP contribution in [0.15, 0.2) is 72.4 Å². The van der Waals surface area contributed by atoms with Crippen molar-refractivity contribution < 1.29 is 22.3 Å². The lowest BCUT2D eigenvalue weighted by atomic mass is 10.1. The average molecular weight is 653 g/mol. The predicted molar refractivity (Wildman–Crippen MR) is 174 cm³/mol. The molecule has 0 saturated heterocycles. The summed E-state index contributed by atoms with van der Waals surface area (Å²) in [6, 6.07) is 17.5. The van der Waals surface area contributed by atoms with Gasteiger partial charge in [0, 0.05) is 35.0 Å². The molecule has 0 radical (unpaired) electrons. The van der Waals surface area contributed by atoms with Gasteiger partial charge in [-0.15, -0.1) is 11.3 Å². The molecule has 0 saturated carbocycles. The van der Waals surface area contributed by atoms with E-state index in [4.69, 9.17) is 26.1 Å². The second-order valence-electron chi connectivity index (χ2n) is 10.3. The van der Waals surface area contributed by atoms with Crippen LogP contribution in [0.5, 0.6) is 5.75 Å². The van der Waals surface area contributed by atoms with Gasteiger partial charge in [-0.1, -0.05) is 43.6 Å². The molecular formula is C32H30ClFN4O4S2. The molecule has 12 heteroatoms. The number of fused-ring (bicyclic) bond motifs is 1. The molecule has 0 fully saturated rings. The highest BCUT2D eigenvalue weighted by Crippen LogP contribution is 2.33. The Morgan fingerprint density at radius 3 is 2.73 bits per heavy atom. The molecule has 0 bridgehead atoms. The SMILES string of the molecule is CC(C)C(COCCCc1nc(-c2ccc3ncnc(Nc4ccc(OCc5cccc(F)c5)c(Cl)c4)c3c2)cs1)=S(=O)=O. The quantitative estimate of drug-likeness (QED) is 0.103. The second-order valence-corrected chi connectivity index (χ2v) is 12.6. The first kappa shape index (κ1) is 31.5. The highest BCUT2D eigenvalue weighted by Gasteiger charge is 2.12. The van der Waals surface area contributed by atoms with E-state index in [2.05, 4.69) is 15.3 Å². The maximum atomic E-state index is 13.5. The lowest BCUT2D eigenvalue weighted by molar-refractivity contribution is 0.168. The number of nitrogens with one attached hydrogen (secondary N) is 1. The molecule has 3 aromatic carbocycles. The molecule has 44 heavy (non-hydrogen) atoms. The molecule has 0 spiro atoms. The normalized spacial score (nSPS) is 11.2. The van der Waals surface area contributed by atoms with Gasteiger partial charge >= 0.3 is 0 Å². The van der Waals surface area contributed by atoms with Crippen molar-refractivity contribution in [2.75, 3.05) is 18.5 Å². The first-order valence-electron chi connectivity index (χ1n) is 13.9. The van der Waals surface area contributed by atoms with Crippen molar-refractivity contribution in [3.63, 3.8) is 0 Å². The zero-order valence-electron chi connectivity index (χ0n) is 24.1. The van der Waals surface area contributed by atoms with E-state index in [-0.39, 0.29) is 24.9 Å².